The van der Waals surface area contributed by atoms with E-state index < -0.39 is 17.0 Å². The molecule has 0 unspecified atom stereocenters. The van der Waals surface area contributed by atoms with E-state index in [2.05, 4.69) is 4.98 Å². The van der Waals surface area contributed by atoms with Crippen molar-refractivity contribution in [1.82, 2.24) is 9.88 Å². The average molecular weight is 320 g/mol. The molecule has 6 nitrogen and oxygen atoms in total. The first-order valence-electron chi connectivity index (χ1n) is 7.79. The van der Waals surface area contributed by atoms with Gasteiger partial charge in [-0.3, -0.25) is 9.78 Å². The second-order valence-electron chi connectivity index (χ2n) is 6.99. The fourth-order valence-electron chi connectivity index (χ4n) is 2.99. The first-order valence-corrected chi connectivity index (χ1v) is 7.79. The van der Waals surface area contributed by atoms with Gasteiger partial charge in [0, 0.05) is 25.0 Å². The van der Waals surface area contributed by atoms with Crippen LogP contribution in [0, 0.1) is 6.92 Å². The highest BCUT2D eigenvalue weighted by atomic mass is 16.6. The number of pyridine rings is 1. The summed E-state index contributed by atoms with van der Waals surface area (Å²) in [5.74, 6) is -0.863. The first kappa shape index (κ1) is 17.2. The Labute approximate surface area is 136 Å². The number of ether oxygens (including phenoxy) is 1. The van der Waals surface area contributed by atoms with Crippen molar-refractivity contribution < 1.29 is 19.4 Å². The fourth-order valence-corrected chi connectivity index (χ4v) is 2.99. The molecule has 1 fully saturated rings. The van der Waals surface area contributed by atoms with E-state index in [0.717, 1.165) is 11.3 Å². The predicted octanol–water partition coefficient (Wildman–Crippen LogP) is 2.74. The van der Waals surface area contributed by atoms with Crippen molar-refractivity contribution in [1.29, 1.82) is 0 Å². The number of carbonyl (C=O) groups is 2. The minimum Gasteiger partial charge on any atom is -0.481 e. The van der Waals surface area contributed by atoms with Gasteiger partial charge >= 0.3 is 12.1 Å². The molecule has 0 radical (unpaired) electrons. The maximum atomic E-state index is 12.1. The molecule has 2 rings (SSSR count). The highest BCUT2D eigenvalue weighted by molar-refractivity contribution is 5.82. The number of aliphatic carboxylic acids is 1. The smallest absolute Gasteiger partial charge is 0.410 e. The molecule has 0 saturated carbocycles. The number of aromatic nitrogens is 1. The summed E-state index contributed by atoms with van der Waals surface area (Å²) < 4.78 is 5.36. The number of carboxylic acid groups (broad SMARTS) is 1. The second-order valence-corrected chi connectivity index (χ2v) is 6.99. The zero-order valence-electron chi connectivity index (χ0n) is 14.1. The highest BCUT2D eigenvalue weighted by Gasteiger charge is 2.45. The normalized spacial score (nSPS) is 17.7. The highest BCUT2D eigenvalue weighted by Crippen LogP contribution is 2.37. The van der Waals surface area contributed by atoms with Crippen LogP contribution in [-0.4, -0.2) is 45.7 Å². The SMILES string of the molecule is Cc1ncccc1C1(C(=O)O)CCN(C(=O)OC(C)(C)C)CC1. The molecule has 0 spiro atoms. The Morgan fingerprint density at radius 3 is 2.39 bits per heavy atom. The molecule has 0 aromatic carbocycles. The molecule has 6 heteroatoms. The molecular weight excluding hydrogens is 296 g/mol. The molecule has 1 aromatic heterocycles. The number of piperidine rings is 1. The molecule has 0 aliphatic carbocycles. The molecule has 1 N–H and O–H groups in total. The molecule has 1 aliphatic heterocycles. The van der Waals surface area contributed by atoms with Crippen LogP contribution in [-0.2, 0) is 14.9 Å². The van der Waals surface area contributed by atoms with E-state index in [1.807, 2.05) is 33.8 Å². The maximum Gasteiger partial charge on any atom is 0.410 e. The van der Waals surface area contributed by atoms with Gasteiger partial charge < -0.3 is 14.7 Å². The van der Waals surface area contributed by atoms with E-state index in [1.165, 1.54) is 0 Å². The Morgan fingerprint density at radius 1 is 1.30 bits per heavy atom. The van der Waals surface area contributed by atoms with E-state index in [0.29, 0.717) is 25.9 Å². The van der Waals surface area contributed by atoms with Gasteiger partial charge in [-0.1, -0.05) is 6.07 Å². The number of hydrogen-bond donors (Lipinski definition) is 1. The van der Waals surface area contributed by atoms with Gasteiger partial charge in [-0.2, -0.15) is 0 Å². The lowest BCUT2D eigenvalue weighted by molar-refractivity contribution is -0.146. The van der Waals surface area contributed by atoms with Gasteiger partial charge in [-0.05, 0) is 52.2 Å². The lowest BCUT2D eigenvalue weighted by Crippen LogP contribution is -2.50. The third-order valence-corrected chi connectivity index (χ3v) is 4.20. The van der Waals surface area contributed by atoms with Crippen molar-refractivity contribution in [3.05, 3.63) is 29.6 Å². The van der Waals surface area contributed by atoms with Crippen LogP contribution in [0.2, 0.25) is 0 Å². The fraction of sp³-hybridized carbons (Fsp3) is 0.588. The molecule has 0 atom stereocenters. The lowest BCUT2D eigenvalue weighted by atomic mass is 9.72. The summed E-state index contributed by atoms with van der Waals surface area (Å²) in [5, 5.41) is 9.82. The van der Waals surface area contributed by atoms with E-state index in [-0.39, 0.29) is 6.09 Å². The Morgan fingerprint density at radius 2 is 1.91 bits per heavy atom. The number of carboxylic acids is 1. The zero-order chi connectivity index (χ0) is 17.3. The summed E-state index contributed by atoms with van der Waals surface area (Å²) in [7, 11) is 0. The number of hydrogen-bond acceptors (Lipinski definition) is 4. The lowest BCUT2D eigenvalue weighted by Gasteiger charge is -2.39. The molecule has 23 heavy (non-hydrogen) atoms. The summed E-state index contributed by atoms with van der Waals surface area (Å²) >= 11 is 0. The average Bonchev–Trinajstić information content (AvgIpc) is 2.46. The van der Waals surface area contributed by atoms with Crippen molar-refractivity contribution >= 4 is 12.1 Å². The van der Waals surface area contributed by atoms with E-state index in [1.54, 1.807) is 17.2 Å². The van der Waals surface area contributed by atoms with Gasteiger partial charge in [0.25, 0.3) is 0 Å². The summed E-state index contributed by atoms with van der Waals surface area (Å²) in [6.07, 6.45) is 1.98. The molecule has 1 saturated heterocycles. The molecule has 0 bridgehead atoms. The molecule has 1 aliphatic rings. The van der Waals surface area contributed by atoms with Gasteiger partial charge in [0.1, 0.15) is 5.60 Å². The van der Waals surface area contributed by atoms with Crippen LogP contribution in [0.4, 0.5) is 4.79 Å². The third-order valence-electron chi connectivity index (χ3n) is 4.20. The predicted molar refractivity (Wildman–Crippen MR) is 85.3 cm³/mol. The van der Waals surface area contributed by atoms with Gasteiger partial charge in [-0.15, -0.1) is 0 Å². The maximum absolute atomic E-state index is 12.1. The number of aryl methyl sites for hydroxylation is 1. The van der Waals surface area contributed by atoms with Gasteiger partial charge in [-0.25, -0.2) is 4.79 Å². The summed E-state index contributed by atoms with van der Waals surface area (Å²) in [6.45, 7) is 7.98. The molecule has 1 aromatic rings. The van der Waals surface area contributed by atoms with Gasteiger partial charge in [0.15, 0.2) is 0 Å². The van der Waals surface area contributed by atoms with Crippen LogP contribution in [0.15, 0.2) is 18.3 Å². The standard InChI is InChI=1S/C17H24N2O4/c1-12-13(6-5-9-18-12)17(14(20)21)7-10-19(11-8-17)15(22)23-16(2,3)4/h5-6,9H,7-8,10-11H2,1-4H3,(H,20,21). The van der Waals surface area contributed by atoms with Crippen LogP contribution in [0.1, 0.15) is 44.9 Å². The van der Waals surface area contributed by atoms with Crippen LogP contribution in [0.3, 0.4) is 0 Å². The minimum atomic E-state index is -0.989. The number of nitrogens with zero attached hydrogens (tertiary/aromatic N) is 2. The van der Waals surface area contributed by atoms with Crippen molar-refractivity contribution in [2.45, 2.75) is 51.6 Å². The van der Waals surface area contributed by atoms with Gasteiger partial charge in [0.05, 0.1) is 5.41 Å². The van der Waals surface area contributed by atoms with Crippen molar-refractivity contribution in [3.8, 4) is 0 Å². The van der Waals surface area contributed by atoms with Crippen molar-refractivity contribution in [2.75, 3.05) is 13.1 Å². The van der Waals surface area contributed by atoms with Crippen molar-refractivity contribution in [3.63, 3.8) is 0 Å². The molecule has 2 heterocycles. The van der Waals surface area contributed by atoms with Crippen LogP contribution in [0.25, 0.3) is 0 Å². The van der Waals surface area contributed by atoms with E-state index in [9.17, 15) is 14.7 Å². The number of rotatable bonds is 2. The Bertz CT molecular complexity index is 599. The summed E-state index contributed by atoms with van der Waals surface area (Å²) in [5.41, 5.74) is -0.0909. The van der Waals surface area contributed by atoms with Crippen LogP contribution in [0.5, 0.6) is 0 Å². The second kappa shape index (κ2) is 6.18. The number of amides is 1. The Hall–Kier alpha value is -2.11. The monoisotopic (exact) mass is 320 g/mol. The topological polar surface area (TPSA) is 79.7 Å². The molecular formula is C17H24N2O4. The third kappa shape index (κ3) is 3.63. The Kier molecular flexibility index (Phi) is 4.63. The quantitative estimate of drug-likeness (QED) is 0.906. The summed E-state index contributed by atoms with van der Waals surface area (Å²) in [4.78, 5) is 29.9. The zero-order valence-corrected chi connectivity index (χ0v) is 14.1. The summed E-state index contributed by atoms with van der Waals surface area (Å²) in [6, 6.07) is 3.58. The molecule has 1 amide bonds. The van der Waals surface area contributed by atoms with E-state index in [4.69, 9.17) is 4.74 Å². The number of likely N-dealkylation sites (tertiary alicyclic amines) is 1. The largest absolute Gasteiger partial charge is 0.481 e. The number of carbonyl (C=O) groups excluding carboxylic acids is 1. The Balaban J connectivity index is 2.18. The minimum absolute atomic E-state index is 0.355. The van der Waals surface area contributed by atoms with Gasteiger partial charge in [0.2, 0.25) is 0 Å². The first-order chi connectivity index (χ1) is 10.7. The van der Waals surface area contributed by atoms with Crippen LogP contribution < -0.4 is 0 Å². The van der Waals surface area contributed by atoms with E-state index >= 15 is 0 Å². The van der Waals surface area contributed by atoms with Crippen molar-refractivity contribution in [2.24, 2.45) is 0 Å². The van der Waals surface area contributed by atoms with Crippen LogP contribution >= 0.6 is 0 Å². The molecule has 126 valence electrons.